The van der Waals surface area contributed by atoms with Crippen LogP contribution in [0.5, 0.6) is 0 Å². The van der Waals surface area contributed by atoms with Gasteiger partial charge >= 0.3 is 5.97 Å². The Morgan fingerprint density at radius 1 is 1.40 bits per heavy atom. The van der Waals surface area contributed by atoms with E-state index < -0.39 is 11.6 Å². The van der Waals surface area contributed by atoms with Gasteiger partial charge in [0.25, 0.3) is 0 Å². The fourth-order valence-corrected chi connectivity index (χ4v) is 2.47. The molecule has 0 aromatic rings. The number of aliphatic hydroxyl groups is 1. The zero-order valence-corrected chi connectivity index (χ0v) is 13.2. The molecular formula is C16H29NO3. The lowest BCUT2D eigenvalue weighted by Crippen LogP contribution is -2.44. The van der Waals surface area contributed by atoms with Gasteiger partial charge in [0.1, 0.15) is 6.10 Å². The smallest absolute Gasteiger partial charge is 0.342 e. The van der Waals surface area contributed by atoms with E-state index in [9.17, 15) is 9.90 Å². The first-order valence-electron chi connectivity index (χ1n) is 7.68. The van der Waals surface area contributed by atoms with Crippen molar-refractivity contribution in [2.24, 2.45) is 0 Å². The Labute approximate surface area is 122 Å². The van der Waals surface area contributed by atoms with E-state index in [0.717, 1.165) is 45.2 Å². The van der Waals surface area contributed by atoms with Gasteiger partial charge < -0.3 is 14.7 Å². The number of likely N-dealkylation sites (tertiary alicyclic amines) is 1. The Balaban J connectivity index is 2.57. The molecule has 1 rings (SSSR count). The Hall–Kier alpha value is -0.870. The number of hydrogen-bond acceptors (Lipinski definition) is 4. The number of esters is 1. The van der Waals surface area contributed by atoms with Crippen molar-refractivity contribution < 1.29 is 14.6 Å². The van der Waals surface area contributed by atoms with Crippen LogP contribution in [0.1, 0.15) is 52.4 Å². The summed E-state index contributed by atoms with van der Waals surface area (Å²) in [5.41, 5.74) is -1.04. The fraction of sp³-hybridized carbons (Fsp3) is 0.812. The fourth-order valence-electron chi connectivity index (χ4n) is 2.47. The lowest BCUT2D eigenvalue weighted by atomic mass is 9.89. The molecule has 0 aromatic heterocycles. The van der Waals surface area contributed by atoms with Crippen molar-refractivity contribution in [3.8, 4) is 0 Å². The minimum atomic E-state index is -1.52. The van der Waals surface area contributed by atoms with Gasteiger partial charge in [-0.15, -0.1) is 0 Å². The molecule has 1 aliphatic rings. The van der Waals surface area contributed by atoms with Crippen LogP contribution in [0.15, 0.2) is 12.2 Å². The van der Waals surface area contributed by atoms with Crippen LogP contribution in [-0.4, -0.2) is 47.8 Å². The molecule has 1 unspecified atom stereocenters. The van der Waals surface area contributed by atoms with E-state index in [1.807, 2.05) is 0 Å². The van der Waals surface area contributed by atoms with Crippen molar-refractivity contribution in [2.45, 2.75) is 64.1 Å². The van der Waals surface area contributed by atoms with Gasteiger partial charge in [-0.1, -0.05) is 26.3 Å². The molecule has 0 amide bonds. The van der Waals surface area contributed by atoms with Crippen molar-refractivity contribution in [3.05, 3.63) is 12.2 Å². The Morgan fingerprint density at radius 2 is 2.00 bits per heavy atom. The molecule has 0 saturated carbocycles. The van der Waals surface area contributed by atoms with Gasteiger partial charge in [-0.2, -0.15) is 0 Å². The predicted octanol–water partition coefficient (Wildman–Crippen LogP) is 2.51. The number of ether oxygens (including phenoxy) is 1. The number of carbonyl (C=O) groups excluding carboxylic acids is 1. The highest BCUT2D eigenvalue weighted by Gasteiger charge is 2.39. The van der Waals surface area contributed by atoms with E-state index in [1.54, 1.807) is 6.92 Å². The number of carbonyl (C=O) groups is 1. The molecule has 0 bridgehead atoms. The summed E-state index contributed by atoms with van der Waals surface area (Å²) in [5, 5.41) is 10.6. The average molecular weight is 283 g/mol. The van der Waals surface area contributed by atoms with Gasteiger partial charge in [-0.3, -0.25) is 0 Å². The lowest BCUT2D eigenvalue weighted by Gasteiger charge is -2.32. The van der Waals surface area contributed by atoms with Crippen LogP contribution in [-0.2, 0) is 9.53 Å². The average Bonchev–Trinajstić information content (AvgIpc) is 2.41. The third kappa shape index (κ3) is 4.60. The first kappa shape index (κ1) is 17.2. The summed E-state index contributed by atoms with van der Waals surface area (Å²) >= 11 is 0. The third-order valence-electron chi connectivity index (χ3n) is 4.13. The third-order valence-corrected chi connectivity index (χ3v) is 4.13. The molecule has 0 radical (unpaired) electrons. The van der Waals surface area contributed by atoms with Crippen molar-refractivity contribution in [2.75, 3.05) is 20.1 Å². The van der Waals surface area contributed by atoms with Gasteiger partial charge in [-0.25, -0.2) is 4.79 Å². The molecule has 1 heterocycles. The number of piperidine rings is 1. The van der Waals surface area contributed by atoms with E-state index in [-0.39, 0.29) is 6.10 Å². The molecule has 116 valence electrons. The van der Waals surface area contributed by atoms with Gasteiger partial charge in [0.2, 0.25) is 0 Å². The Bertz CT molecular complexity index is 335. The zero-order valence-electron chi connectivity index (χ0n) is 13.2. The quantitative estimate of drug-likeness (QED) is 0.443. The van der Waals surface area contributed by atoms with Crippen LogP contribution in [0.3, 0.4) is 0 Å². The number of nitrogens with zero attached hydrogens (tertiary/aromatic N) is 1. The summed E-state index contributed by atoms with van der Waals surface area (Å²) in [5.74, 6) is -0.518. The predicted molar refractivity (Wildman–Crippen MR) is 80.5 cm³/mol. The lowest BCUT2D eigenvalue weighted by molar-refractivity contribution is -0.169. The molecule has 1 aliphatic heterocycles. The van der Waals surface area contributed by atoms with E-state index in [4.69, 9.17) is 4.74 Å². The molecule has 4 nitrogen and oxygen atoms in total. The number of rotatable bonds is 7. The highest BCUT2D eigenvalue weighted by molar-refractivity contribution is 5.83. The second kappa shape index (κ2) is 7.79. The summed E-state index contributed by atoms with van der Waals surface area (Å²) in [6.07, 6.45) is 4.86. The molecule has 1 saturated heterocycles. The topological polar surface area (TPSA) is 49.8 Å². The zero-order chi connectivity index (χ0) is 15.2. The molecular weight excluding hydrogens is 254 g/mol. The molecule has 1 atom stereocenters. The minimum Gasteiger partial charge on any atom is -0.460 e. The maximum absolute atomic E-state index is 12.3. The maximum atomic E-state index is 12.3. The summed E-state index contributed by atoms with van der Waals surface area (Å²) in [6.45, 7) is 9.42. The SMILES string of the molecule is C=C(C)C(O)(CCCCC)C(=O)OC1CCN(C)CC1. The van der Waals surface area contributed by atoms with Crippen LogP contribution in [0.2, 0.25) is 0 Å². The summed E-state index contributed by atoms with van der Waals surface area (Å²) < 4.78 is 5.52. The van der Waals surface area contributed by atoms with E-state index in [0.29, 0.717) is 12.0 Å². The van der Waals surface area contributed by atoms with E-state index in [2.05, 4.69) is 25.5 Å². The van der Waals surface area contributed by atoms with Crippen molar-refractivity contribution in [3.63, 3.8) is 0 Å². The molecule has 0 spiro atoms. The molecule has 1 fully saturated rings. The van der Waals surface area contributed by atoms with Crippen LogP contribution in [0.4, 0.5) is 0 Å². The number of hydrogen-bond donors (Lipinski definition) is 1. The Morgan fingerprint density at radius 3 is 2.50 bits per heavy atom. The summed E-state index contributed by atoms with van der Waals surface area (Å²) in [4.78, 5) is 14.5. The van der Waals surface area contributed by atoms with E-state index >= 15 is 0 Å². The van der Waals surface area contributed by atoms with Gasteiger partial charge in [0, 0.05) is 13.1 Å². The Kier molecular flexibility index (Phi) is 6.69. The molecule has 1 N–H and O–H groups in total. The second-order valence-corrected chi connectivity index (χ2v) is 6.01. The largest absolute Gasteiger partial charge is 0.460 e. The first-order valence-corrected chi connectivity index (χ1v) is 7.68. The van der Waals surface area contributed by atoms with Crippen LogP contribution < -0.4 is 0 Å². The minimum absolute atomic E-state index is 0.0734. The highest BCUT2D eigenvalue weighted by Crippen LogP contribution is 2.26. The summed E-state index contributed by atoms with van der Waals surface area (Å²) in [7, 11) is 2.06. The monoisotopic (exact) mass is 283 g/mol. The maximum Gasteiger partial charge on any atom is 0.342 e. The molecule has 0 aromatic carbocycles. The van der Waals surface area contributed by atoms with Gasteiger partial charge in [0.15, 0.2) is 5.60 Å². The van der Waals surface area contributed by atoms with Crippen LogP contribution in [0.25, 0.3) is 0 Å². The van der Waals surface area contributed by atoms with Crippen molar-refractivity contribution in [1.82, 2.24) is 4.90 Å². The van der Waals surface area contributed by atoms with E-state index in [1.165, 1.54) is 0 Å². The second-order valence-electron chi connectivity index (χ2n) is 6.01. The van der Waals surface area contributed by atoms with Gasteiger partial charge in [0.05, 0.1) is 0 Å². The van der Waals surface area contributed by atoms with Crippen molar-refractivity contribution >= 4 is 5.97 Å². The molecule has 4 heteroatoms. The summed E-state index contributed by atoms with van der Waals surface area (Å²) in [6, 6.07) is 0. The normalized spacial score (nSPS) is 20.4. The first-order chi connectivity index (χ1) is 9.40. The highest BCUT2D eigenvalue weighted by atomic mass is 16.6. The molecule has 0 aliphatic carbocycles. The molecule has 20 heavy (non-hydrogen) atoms. The number of unbranched alkanes of at least 4 members (excludes halogenated alkanes) is 2. The van der Waals surface area contributed by atoms with Crippen LogP contribution in [0, 0.1) is 0 Å². The standard InChI is InChI=1S/C16H29NO3/c1-5-6-7-10-16(19,13(2)3)15(18)20-14-8-11-17(4)12-9-14/h14,19H,2,5-12H2,1,3-4H3. The van der Waals surface area contributed by atoms with Crippen LogP contribution >= 0.6 is 0 Å². The van der Waals surface area contributed by atoms with Crippen molar-refractivity contribution in [1.29, 1.82) is 0 Å². The van der Waals surface area contributed by atoms with Gasteiger partial charge in [-0.05, 0) is 45.2 Å².